The second kappa shape index (κ2) is 3.21. The number of hydrogen-bond acceptors (Lipinski definition) is 0. The lowest BCUT2D eigenvalue weighted by Gasteiger charge is -2.17. The van der Waals surface area contributed by atoms with Gasteiger partial charge in [0.05, 0.1) is 0 Å². The van der Waals surface area contributed by atoms with Crippen LogP contribution in [-0.2, 0) is 0 Å². The highest BCUT2D eigenvalue weighted by molar-refractivity contribution is 4.70. The van der Waals surface area contributed by atoms with Crippen molar-refractivity contribution in [1.82, 2.24) is 0 Å². The first-order valence-electron chi connectivity index (χ1n) is 3.10. The fourth-order valence-corrected chi connectivity index (χ4v) is 0.530. The number of halogens is 4. The summed E-state index contributed by atoms with van der Waals surface area (Å²) < 4.78 is 46.7. The van der Waals surface area contributed by atoms with Crippen LogP contribution in [0, 0.1) is 5.92 Å². The summed E-state index contributed by atoms with van der Waals surface area (Å²) in [5.74, 6) is -0.931. The number of alkyl halides is 4. The first kappa shape index (κ1) is 9.72. The highest BCUT2D eigenvalue weighted by Crippen LogP contribution is 2.29. The van der Waals surface area contributed by atoms with E-state index >= 15 is 0 Å². The fraction of sp³-hybridized carbons (Fsp3) is 1.00. The van der Waals surface area contributed by atoms with Gasteiger partial charge in [-0.3, -0.25) is 0 Å². The smallest absolute Gasteiger partial charge is 0.237 e. The van der Waals surface area contributed by atoms with Crippen molar-refractivity contribution in [3.63, 3.8) is 0 Å². The van der Waals surface area contributed by atoms with Gasteiger partial charge in [0.2, 0.25) is 0 Å². The molecule has 62 valence electrons. The molecule has 0 spiro atoms. The van der Waals surface area contributed by atoms with E-state index in [1.54, 1.807) is 0 Å². The lowest BCUT2D eigenvalue weighted by atomic mass is 10.0. The van der Waals surface area contributed by atoms with Crippen molar-refractivity contribution in [3.8, 4) is 0 Å². The van der Waals surface area contributed by atoms with Crippen LogP contribution in [0.2, 0.25) is 0 Å². The van der Waals surface area contributed by atoms with Gasteiger partial charge in [-0.1, -0.05) is 20.3 Å². The minimum Gasteiger partial charge on any atom is -0.237 e. The highest BCUT2D eigenvalue weighted by atomic mass is 19.4. The maximum absolute atomic E-state index is 12.2. The van der Waals surface area contributed by atoms with Crippen molar-refractivity contribution in [2.45, 2.75) is 32.6 Å². The van der Waals surface area contributed by atoms with E-state index < -0.39 is 18.3 Å². The quantitative estimate of drug-likeness (QED) is 0.542. The summed E-state index contributed by atoms with van der Waals surface area (Å²) in [5.41, 5.74) is 0. The van der Waals surface area contributed by atoms with E-state index in [-0.39, 0.29) is 6.42 Å². The third-order valence-corrected chi connectivity index (χ3v) is 1.46. The van der Waals surface area contributed by atoms with Crippen LogP contribution in [0.4, 0.5) is 17.6 Å². The standard InChI is InChI=1S/C6H10F4/c1-3-4(2)5(7)6(8,9)10/h4-5H,3H2,1-2H3/t4?,5-/m1/s1. The Morgan fingerprint density at radius 2 is 1.70 bits per heavy atom. The monoisotopic (exact) mass is 158 g/mol. The Kier molecular flexibility index (Phi) is 3.12. The zero-order valence-electron chi connectivity index (χ0n) is 5.87. The van der Waals surface area contributed by atoms with Gasteiger partial charge in [-0.15, -0.1) is 0 Å². The average Bonchev–Trinajstić information content (AvgIpc) is 1.83. The van der Waals surface area contributed by atoms with Gasteiger partial charge in [0.25, 0.3) is 0 Å². The van der Waals surface area contributed by atoms with Crippen LogP contribution in [0.1, 0.15) is 20.3 Å². The molecule has 0 aromatic heterocycles. The van der Waals surface area contributed by atoms with Crippen LogP contribution < -0.4 is 0 Å². The third kappa shape index (κ3) is 2.54. The highest BCUT2D eigenvalue weighted by Gasteiger charge is 2.42. The third-order valence-electron chi connectivity index (χ3n) is 1.46. The minimum absolute atomic E-state index is 0.209. The van der Waals surface area contributed by atoms with E-state index in [2.05, 4.69) is 0 Å². The first-order chi connectivity index (χ1) is 4.39. The van der Waals surface area contributed by atoms with Crippen molar-refractivity contribution in [2.75, 3.05) is 0 Å². The molecule has 0 aromatic rings. The molecule has 0 amide bonds. The Morgan fingerprint density at radius 1 is 1.30 bits per heavy atom. The van der Waals surface area contributed by atoms with Gasteiger partial charge in [0.15, 0.2) is 6.17 Å². The molecule has 0 radical (unpaired) electrons. The van der Waals surface area contributed by atoms with Crippen molar-refractivity contribution in [1.29, 1.82) is 0 Å². The molecule has 0 saturated carbocycles. The van der Waals surface area contributed by atoms with Gasteiger partial charge in [0, 0.05) is 0 Å². The van der Waals surface area contributed by atoms with Gasteiger partial charge >= 0.3 is 6.18 Å². The molecule has 2 atom stereocenters. The molecule has 0 bridgehead atoms. The topological polar surface area (TPSA) is 0 Å². The largest absolute Gasteiger partial charge is 0.419 e. The van der Waals surface area contributed by atoms with Crippen LogP contribution in [0.15, 0.2) is 0 Å². The van der Waals surface area contributed by atoms with Gasteiger partial charge in [-0.25, -0.2) is 4.39 Å². The van der Waals surface area contributed by atoms with Crippen LogP contribution in [0.5, 0.6) is 0 Å². The average molecular weight is 158 g/mol. The summed E-state index contributed by atoms with van der Waals surface area (Å²) in [5, 5.41) is 0. The number of hydrogen-bond donors (Lipinski definition) is 0. The predicted molar refractivity (Wildman–Crippen MR) is 30.4 cm³/mol. The summed E-state index contributed by atoms with van der Waals surface area (Å²) in [6.07, 6.45) is -7.15. The molecule has 10 heavy (non-hydrogen) atoms. The zero-order chi connectivity index (χ0) is 8.36. The van der Waals surface area contributed by atoms with Gasteiger partial charge in [-0.2, -0.15) is 13.2 Å². The van der Waals surface area contributed by atoms with Crippen LogP contribution in [0.3, 0.4) is 0 Å². The molecule has 0 saturated heterocycles. The zero-order valence-corrected chi connectivity index (χ0v) is 5.87. The molecule has 4 heteroatoms. The Balaban J connectivity index is 3.94. The van der Waals surface area contributed by atoms with Crippen molar-refractivity contribution < 1.29 is 17.6 Å². The Hall–Kier alpha value is -0.280. The van der Waals surface area contributed by atoms with Gasteiger partial charge in [-0.05, 0) is 5.92 Å². The second-order valence-electron chi connectivity index (χ2n) is 2.33. The molecule has 0 nitrogen and oxygen atoms in total. The van der Waals surface area contributed by atoms with E-state index in [4.69, 9.17) is 0 Å². The van der Waals surface area contributed by atoms with Crippen molar-refractivity contribution in [3.05, 3.63) is 0 Å². The van der Waals surface area contributed by atoms with E-state index in [9.17, 15) is 17.6 Å². The van der Waals surface area contributed by atoms with E-state index in [0.29, 0.717) is 0 Å². The van der Waals surface area contributed by atoms with Crippen molar-refractivity contribution >= 4 is 0 Å². The van der Waals surface area contributed by atoms with Gasteiger partial charge < -0.3 is 0 Å². The SMILES string of the molecule is CCC(C)[C@@H](F)C(F)(F)F. The molecular weight excluding hydrogens is 148 g/mol. The summed E-state index contributed by atoms with van der Waals surface area (Å²) >= 11 is 0. The van der Waals surface area contributed by atoms with E-state index in [1.807, 2.05) is 0 Å². The summed E-state index contributed by atoms with van der Waals surface area (Å²) in [6.45, 7) is 2.78. The normalized spacial score (nSPS) is 18.6. The van der Waals surface area contributed by atoms with E-state index in [0.717, 1.165) is 0 Å². The molecule has 1 unspecified atom stereocenters. The molecule has 0 aliphatic rings. The molecule has 0 aromatic carbocycles. The lowest BCUT2D eigenvalue weighted by Crippen LogP contribution is -2.30. The summed E-state index contributed by atoms with van der Waals surface area (Å²) in [7, 11) is 0. The summed E-state index contributed by atoms with van der Waals surface area (Å²) in [6, 6.07) is 0. The molecule has 0 heterocycles. The Labute approximate surface area is 57.2 Å². The molecule has 0 fully saturated rings. The molecule has 0 aliphatic carbocycles. The molecule has 0 rings (SSSR count). The Bertz CT molecular complexity index is 96.4. The number of rotatable bonds is 2. The fourth-order valence-electron chi connectivity index (χ4n) is 0.530. The van der Waals surface area contributed by atoms with E-state index in [1.165, 1.54) is 13.8 Å². The van der Waals surface area contributed by atoms with Crippen LogP contribution in [-0.4, -0.2) is 12.3 Å². The minimum atomic E-state index is -4.69. The summed E-state index contributed by atoms with van der Waals surface area (Å²) in [4.78, 5) is 0. The predicted octanol–water partition coefficient (Wildman–Crippen LogP) is 2.93. The van der Waals surface area contributed by atoms with Crippen LogP contribution in [0.25, 0.3) is 0 Å². The first-order valence-corrected chi connectivity index (χ1v) is 3.10. The molecule has 0 aliphatic heterocycles. The maximum atomic E-state index is 12.2. The van der Waals surface area contributed by atoms with Crippen LogP contribution >= 0.6 is 0 Å². The van der Waals surface area contributed by atoms with Gasteiger partial charge in [0.1, 0.15) is 0 Å². The molecule has 0 N–H and O–H groups in total. The lowest BCUT2D eigenvalue weighted by molar-refractivity contribution is -0.193. The molecular formula is C6H10F4. The maximum Gasteiger partial charge on any atom is 0.419 e. The van der Waals surface area contributed by atoms with Crippen molar-refractivity contribution in [2.24, 2.45) is 5.92 Å². The Morgan fingerprint density at radius 3 is 1.80 bits per heavy atom. The second-order valence-corrected chi connectivity index (χ2v) is 2.33.